The van der Waals surface area contributed by atoms with Crippen LogP contribution in [0.4, 0.5) is 8.78 Å². The highest BCUT2D eigenvalue weighted by Gasteiger charge is 1.88. The molecule has 0 aliphatic rings. The molecule has 0 aromatic carbocycles. The lowest BCUT2D eigenvalue weighted by Crippen LogP contribution is -1.62. The van der Waals surface area contributed by atoms with Gasteiger partial charge in [0.2, 0.25) is 0 Å². The van der Waals surface area contributed by atoms with Gasteiger partial charge in [0.1, 0.15) is 6.33 Å². The van der Waals surface area contributed by atoms with Crippen molar-refractivity contribution in [3.05, 3.63) is 11.5 Å². The molecule has 3 heteroatoms. The second-order valence-electron chi connectivity index (χ2n) is 0.846. The van der Waals surface area contributed by atoms with Crippen molar-refractivity contribution >= 4 is 11.8 Å². The maximum absolute atomic E-state index is 11.6. The van der Waals surface area contributed by atoms with Crippen LogP contribution in [0.1, 0.15) is 6.92 Å². The lowest BCUT2D eigenvalue weighted by Gasteiger charge is -1.84. The fraction of sp³-hybridized carbons (Fsp3) is 0.500. The number of thioether (sulfide) groups is 1. The first-order chi connectivity index (χ1) is 3.31. The van der Waals surface area contributed by atoms with E-state index in [-0.39, 0.29) is 6.33 Å². The van der Waals surface area contributed by atoms with Gasteiger partial charge in [-0.2, -0.15) is 4.39 Å². The Morgan fingerprint density at radius 3 is 2.57 bits per heavy atom. The van der Waals surface area contributed by atoms with Gasteiger partial charge >= 0.3 is 0 Å². The molecule has 0 saturated heterocycles. The summed E-state index contributed by atoms with van der Waals surface area (Å²) in [4.78, 5) is 0. The predicted molar refractivity (Wildman–Crippen MR) is 28.4 cm³/mol. The van der Waals surface area contributed by atoms with Gasteiger partial charge in [0.15, 0.2) is 5.16 Å². The normalized spacial score (nSPS) is 12.1. The van der Waals surface area contributed by atoms with E-state index in [9.17, 15) is 8.78 Å². The molecule has 42 valence electrons. The summed E-state index contributed by atoms with van der Waals surface area (Å²) in [6.45, 7) is 1.76. The standard InChI is InChI=1S/C4H6F2S/c1-2-7-4(6)3-5/h3H,2H2,1H3. The van der Waals surface area contributed by atoms with Gasteiger partial charge in [-0.1, -0.05) is 18.7 Å². The molecule has 0 amide bonds. The first kappa shape index (κ1) is 6.95. The summed E-state index contributed by atoms with van der Waals surface area (Å²) in [6.07, 6.45) is -0.0336. The Morgan fingerprint density at radius 2 is 2.43 bits per heavy atom. The van der Waals surface area contributed by atoms with E-state index in [2.05, 4.69) is 0 Å². The largest absolute Gasteiger partial charge is 0.212 e. The van der Waals surface area contributed by atoms with Crippen LogP contribution in [0.2, 0.25) is 0 Å². The molecule has 0 fully saturated rings. The summed E-state index contributed by atoms with van der Waals surface area (Å²) in [5.74, 6) is 0.576. The Morgan fingerprint density at radius 1 is 1.86 bits per heavy atom. The second kappa shape index (κ2) is 4.12. The minimum Gasteiger partial charge on any atom is -0.212 e. The molecule has 7 heavy (non-hydrogen) atoms. The van der Waals surface area contributed by atoms with Gasteiger partial charge in [-0.25, -0.2) is 4.39 Å². The van der Waals surface area contributed by atoms with E-state index >= 15 is 0 Å². The Hall–Kier alpha value is -0.0500. The lowest BCUT2D eigenvalue weighted by atomic mass is 11.0. The third-order valence-electron chi connectivity index (χ3n) is 0.368. The molecule has 0 atom stereocenters. The summed E-state index contributed by atoms with van der Waals surface area (Å²) in [5, 5.41) is -0.748. The zero-order valence-corrected chi connectivity index (χ0v) is 4.77. The van der Waals surface area contributed by atoms with Gasteiger partial charge in [-0.05, 0) is 5.75 Å². The van der Waals surface area contributed by atoms with E-state index in [0.29, 0.717) is 5.75 Å². The molecular weight excluding hydrogens is 118 g/mol. The van der Waals surface area contributed by atoms with Gasteiger partial charge in [0.05, 0.1) is 0 Å². The number of hydrogen-bond donors (Lipinski definition) is 0. The van der Waals surface area contributed by atoms with Crippen molar-refractivity contribution in [3.63, 3.8) is 0 Å². The van der Waals surface area contributed by atoms with Crippen molar-refractivity contribution in [1.82, 2.24) is 0 Å². The molecule has 0 rings (SSSR count). The van der Waals surface area contributed by atoms with Crippen molar-refractivity contribution in [3.8, 4) is 0 Å². The van der Waals surface area contributed by atoms with Crippen molar-refractivity contribution in [2.24, 2.45) is 0 Å². The third-order valence-corrected chi connectivity index (χ3v) is 1.02. The Kier molecular flexibility index (Phi) is 4.09. The highest BCUT2D eigenvalue weighted by atomic mass is 32.2. The van der Waals surface area contributed by atoms with E-state index < -0.39 is 5.16 Å². The van der Waals surface area contributed by atoms with Gasteiger partial charge in [0, 0.05) is 0 Å². The lowest BCUT2D eigenvalue weighted by molar-refractivity contribution is 0.630. The van der Waals surface area contributed by atoms with Crippen LogP contribution < -0.4 is 0 Å². The van der Waals surface area contributed by atoms with Crippen LogP contribution in [0, 0.1) is 0 Å². The molecule has 0 aliphatic heterocycles. The summed E-state index contributed by atoms with van der Waals surface area (Å²) in [5.41, 5.74) is 0. The fourth-order valence-corrected chi connectivity index (χ4v) is 0.508. The molecule has 0 saturated carbocycles. The first-order valence-corrected chi connectivity index (χ1v) is 2.88. The molecular formula is C4H6F2S. The predicted octanol–water partition coefficient (Wildman–Crippen LogP) is 2.48. The van der Waals surface area contributed by atoms with Crippen LogP contribution in [0.15, 0.2) is 11.5 Å². The topological polar surface area (TPSA) is 0 Å². The molecule has 0 unspecified atom stereocenters. The van der Waals surface area contributed by atoms with Gasteiger partial charge < -0.3 is 0 Å². The minimum absolute atomic E-state index is 0.0336. The average Bonchev–Trinajstić information content (AvgIpc) is 1.68. The van der Waals surface area contributed by atoms with Gasteiger partial charge in [-0.3, -0.25) is 0 Å². The Labute approximate surface area is 45.6 Å². The number of hydrogen-bond acceptors (Lipinski definition) is 1. The highest BCUT2D eigenvalue weighted by molar-refractivity contribution is 8.02. The fourth-order valence-electron chi connectivity index (χ4n) is 0.169. The van der Waals surface area contributed by atoms with E-state index in [4.69, 9.17) is 0 Å². The van der Waals surface area contributed by atoms with E-state index in [1.165, 1.54) is 0 Å². The van der Waals surface area contributed by atoms with E-state index in [0.717, 1.165) is 11.8 Å². The highest BCUT2D eigenvalue weighted by Crippen LogP contribution is 2.14. The van der Waals surface area contributed by atoms with Crippen LogP contribution in [-0.4, -0.2) is 5.75 Å². The van der Waals surface area contributed by atoms with Crippen molar-refractivity contribution < 1.29 is 8.78 Å². The van der Waals surface area contributed by atoms with E-state index in [1.54, 1.807) is 6.92 Å². The summed E-state index contributed by atoms with van der Waals surface area (Å²) in [6, 6.07) is 0. The van der Waals surface area contributed by atoms with Crippen molar-refractivity contribution in [1.29, 1.82) is 0 Å². The monoisotopic (exact) mass is 124 g/mol. The summed E-state index contributed by atoms with van der Waals surface area (Å²) in [7, 11) is 0. The van der Waals surface area contributed by atoms with Crippen LogP contribution in [-0.2, 0) is 0 Å². The average molecular weight is 124 g/mol. The molecule has 0 heterocycles. The second-order valence-corrected chi connectivity index (χ2v) is 2.10. The third kappa shape index (κ3) is 3.79. The number of rotatable bonds is 2. The molecule has 0 radical (unpaired) electrons. The van der Waals surface area contributed by atoms with Crippen LogP contribution >= 0.6 is 11.8 Å². The maximum atomic E-state index is 11.6. The quantitative estimate of drug-likeness (QED) is 0.545. The molecule has 0 aromatic rings. The van der Waals surface area contributed by atoms with Crippen LogP contribution in [0.25, 0.3) is 0 Å². The Bertz CT molecular complexity index is 70.1. The summed E-state index contributed by atoms with van der Waals surface area (Å²) >= 11 is 0.851. The maximum Gasteiger partial charge on any atom is 0.184 e. The zero-order chi connectivity index (χ0) is 5.70. The molecule has 0 aliphatic carbocycles. The molecule has 0 nitrogen and oxygen atoms in total. The minimum atomic E-state index is -0.748. The number of halogens is 2. The van der Waals surface area contributed by atoms with Crippen LogP contribution in [0.3, 0.4) is 0 Å². The van der Waals surface area contributed by atoms with Crippen molar-refractivity contribution in [2.75, 3.05) is 5.75 Å². The van der Waals surface area contributed by atoms with Gasteiger partial charge in [0.25, 0.3) is 0 Å². The van der Waals surface area contributed by atoms with E-state index in [1.807, 2.05) is 0 Å². The molecule has 0 spiro atoms. The first-order valence-electron chi connectivity index (χ1n) is 1.90. The SMILES string of the molecule is CCSC(F)=CF. The molecule has 0 bridgehead atoms. The molecule has 0 N–H and O–H groups in total. The smallest absolute Gasteiger partial charge is 0.184 e. The Balaban J connectivity index is 3.17. The zero-order valence-electron chi connectivity index (χ0n) is 3.95. The van der Waals surface area contributed by atoms with Crippen molar-refractivity contribution in [2.45, 2.75) is 6.92 Å². The van der Waals surface area contributed by atoms with Gasteiger partial charge in [-0.15, -0.1) is 0 Å². The summed E-state index contributed by atoms with van der Waals surface area (Å²) < 4.78 is 22.6. The molecule has 0 aromatic heterocycles. The van der Waals surface area contributed by atoms with Crippen LogP contribution in [0.5, 0.6) is 0 Å².